The van der Waals surface area contributed by atoms with Crippen LogP contribution in [0.15, 0.2) is 29.3 Å². The molecule has 23 heavy (non-hydrogen) atoms. The summed E-state index contributed by atoms with van der Waals surface area (Å²) in [7, 11) is 3.26. The summed E-state index contributed by atoms with van der Waals surface area (Å²) in [5.74, 6) is 2.17. The quantitative estimate of drug-likeness (QED) is 0.887. The highest BCUT2D eigenvalue weighted by molar-refractivity contribution is 5.40. The number of aryl methyl sites for hydroxylation is 1. The number of anilines is 2. The predicted octanol–water partition coefficient (Wildman–Crippen LogP) is 0.660. The standard InChI is InChI=1S/C15H20N6O2/c1-20-15(22)4-3-13(19-20)21-7-5-11(6-8-21)18-12-9-14(23-2)17-10-16-12/h3-4,9-11H,5-8H2,1-2H3,(H,16,17,18). The molecule has 0 saturated carbocycles. The monoisotopic (exact) mass is 316 g/mol. The van der Waals surface area contributed by atoms with Crippen molar-refractivity contribution in [1.82, 2.24) is 19.7 Å². The minimum Gasteiger partial charge on any atom is -0.481 e. The predicted molar refractivity (Wildman–Crippen MR) is 86.9 cm³/mol. The van der Waals surface area contributed by atoms with Crippen molar-refractivity contribution in [3.63, 3.8) is 0 Å². The summed E-state index contributed by atoms with van der Waals surface area (Å²) in [6.07, 6.45) is 3.43. The number of hydrogen-bond donors (Lipinski definition) is 1. The molecule has 8 nitrogen and oxygen atoms in total. The maximum atomic E-state index is 11.4. The van der Waals surface area contributed by atoms with Gasteiger partial charge in [-0.25, -0.2) is 14.6 Å². The highest BCUT2D eigenvalue weighted by atomic mass is 16.5. The zero-order chi connectivity index (χ0) is 16.2. The fourth-order valence-electron chi connectivity index (χ4n) is 2.65. The highest BCUT2D eigenvalue weighted by Crippen LogP contribution is 2.20. The van der Waals surface area contributed by atoms with Crippen LogP contribution in [-0.4, -0.2) is 46.0 Å². The molecule has 0 unspecified atom stereocenters. The molecule has 1 aliphatic rings. The molecule has 0 radical (unpaired) electrons. The zero-order valence-electron chi connectivity index (χ0n) is 13.3. The van der Waals surface area contributed by atoms with Gasteiger partial charge in [0.2, 0.25) is 5.88 Å². The summed E-state index contributed by atoms with van der Waals surface area (Å²) in [5.41, 5.74) is -0.0944. The molecule has 1 saturated heterocycles. The van der Waals surface area contributed by atoms with Crippen LogP contribution in [0.3, 0.4) is 0 Å². The van der Waals surface area contributed by atoms with E-state index in [0.717, 1.165) is 37.6 Å². The first-order chi connectivity index (χ1) is 11.2. The van der Waals surface area contributed by atoms with Crippen LogP contribution in [0.4, 0.5) is 11.6 Å². The van der Waals surface area contributed by atoms with Crippen molar-refractivity contribution < 1.29 is 4.74 Å². The number of nitrogens with zero attached hydrogens (tertiary/aromatic N) is 5. The second-order valence-corrected chi connectivity index (χ2v) is 5.50. The second kappa shape index (κ2) is 6.64. The lowest BCUT2D eigenvalue weighted by molar-refractivity contribution is 0.397. The summed E-state index contributed by atoms with van der Waals surface area (Å²) in [4.78, 5) is 21.8. The Balaban J connectivity index is 1.59. The number of ether oxygens (including phenoxy) is 1. The van der Waals surface area contributed by atoms with E-state index in [1.54, 1.807) is 32.4 Å². The van der Waals surface area contributed by atoms with Crippen molar-refractivity contribution >= 4 is 11.6 Å². The van der Waals surface area contributed by atoms with Gasteiger partial charge in [0.15, 0.2) is 0 Å². The third kappa shape index (κ3) is 3.58. The number of piperidine rings is 1. The Kier molecular flexibility index (Phi) is 4.40. The van der Waals surface area contributed by atoms with E-state index in [1.165, 1.54) is 11.0 Å². The lowest BCUT2D eigenvalue weighted by atomic mass is 10.1. The van der Waals surface area contributed by atoms with E-state index >= 15 is 0 Å². The molecule has 122 valence electrons. The third-order valence-corrected chi connectivity index (χ3v) is 3.97. The fraction of sp³-hybridized carbons (Fsp3) is 0.467. The molecule has 2 aromatic heterocycles. The van der Waals surface area contributed by atoms with Gasteiger partial charge in [-0.1, -0.05) is 0 Å². The van der Waals surface area contributed by atoms with Gasteiger partial charge in [0, 0.05) is 38.3 Å². The van der Waals surface area contributed by atoms with E-state index in [0.29, 0.717) is 11.9 Å². The topological polar surface area (TPSA) is 85.2 Å². The average Bonchev–Trinajstić information content (AvgIpc) is 2.58. The average molecular weight is 316 g/mol. The van der Waals surface area contributed by atoms with Crippen LogP contribution < -0.4 is 20.5 Å². The Morgan fingerprint density at radius 2 is 2.04 bits per heavy atom. The van der Waals surface area contributed by atoms with Gasteiger partial charge in [-0.15, -0.1) is 0 Å². The van der Waals surface area contributed by atoms with E-state index in [9.17, 15) is 4.79 Å². The summed E-state index contributed by atoms with van der Waals surface area (Å²) < 4.78 is 6.47. The smallest absolute Gasteiger partial charge is 0.266 e. The lowest BCUT2D eigenvalue weighted by Gasteiger charge is -2.33. The molecule has 1 aliphatic heterocycles. The van der Waals surface area contributed by atoms with Gasteiger partial charge in [0.25, 0.3) is 5.56 Å². The number of rotatable bonds is 4. The number of hydrogen-bond acceptors (Lipinski definition) is 7. The van der Waals surface area contributed by atoms with E-state index in [-0.39, 0.29) is 5.56 Å². The van der Waals surface area contributed by atoms with Crippen LogP contribution in [0.2, 0.25) is 0 Å². The third-order valence-electron chi connectivity index (χ3n) is 3.97. The molecule has 0 aliphatic carbocycles. The maximum absolute atomic E-state index is 11.4. The van der Waals surface area contributed by atoms with Gasteiger partial charge in [0.05, 0.1) is 7.11 Å². The highest BCUT2D eigenvalue weighted by Gasteiger charge is 2.20. The number of methoxy groups -OCH3 is 1. The van der Waals surface area contributed by atoms with Gasteiger partial charge in [-0.05, 0) is 18.9 Å². The first kappa shape index (κ1) is 15.3. The first-order valence-electron chi connectivity index (χ1n) is 7.57. The molecular formula is C15H20N6O2. The summed E-state index contributed by atoms with van der Waals surface area (Å²) in [5, 5.41) is 7.72. The van der Waals surface area contributed by atoms with Gasteiger partial charge >= 0.3 is 0 Å². The molecule has 1 N–H and O–H groups in total. The van der Waals surface area contributed by atoms with Crippen LogP contribution in [0.5, 0.6) is 5.88 Å². The van der Waals surface area contributed by atoms with Gasteiger partial charge < -0.3 is 15.0 Å². The minimum atomic E-state index is -0.0944. The Morgan fingerprint density at radius 3 is 2.74 bits per heavy atom. The molecule has 3 rings (SSSR count). The van der Waals surface area contributed by atoms with Crippen LogP contribution in [0.1, 0.15) is 12.8 Å². The Hall–Kier alpha value is -2.64. The summed E-state index contributed by atoms with van der Waals surface area (Å²) >= 11 is 0. The normalized spacial score (nSPS) is 15.5. The van der Waals surface area contributed by atoms with Crippen molar-refractivity contribution in [2.24, 2.45) is 7.05 Å². The lowest BCUT2D eigenvalue weighted by Crippen LogP contribution is -2.40. The van der Waals surface area contributed by atoms with Crippen molar-refractivity contribution in [2.75, 3.05) is 30.4 Å². The van der Waals surface area contributed by atoms with Gasteiger partial charge in [-0.3, -0.25) is 4.79 Å². The molecule has 3 heterocycles. The molecule has 0 spiro atoms. The van der Waals surface area contributed by atoms with E-state index in [1.807, 2.05) is 0 Å². The van der Waals surface area contributed by atoms with Crippen molar-refractivity contribution in [1.29, 1.82) is 0 Å². The van der Waals surface area contributed by atoms with E-state index in [2.05, 4.69) is 25.3 Å². The minimum absolute atomic E-state index is 0.0944. The van der Waals surface area contributed by atoms with E-state index in [4.69, 9.17) is 4.74 Å². The molecule has 0 atom stereocenters. The summed E-state index contributed by atoms with van der Waals surface area (Å²) in [6, 6.07) is 5.48. The number of aromatic nitrogens is 4. The van der Waals surface area contributed by atoms with E-state index < -0.39 is 0 Å². The molecule has 1 fully saturated rings. The van der Waals surface area contributed by atoms with Crippen LogP contribution in [0.25, 0.3) is 0 Å². The Morgan fingerprint density at radius 1 is 1.26 bits per heavy atom. The fourth-order valence-corrected chi connectivity index (χ4v) is 2.65. The van der Waals surface area contributed by atoms with Crippen molar-refractivity contribution in [3.05, 3.63) is 34.9 Å². The molecule has 0 aromatic carbocycles. The molecule has 0 bridgehead atoms. The molecular weight excluding hydrogens is 296 g/mol. The first-order valence-corrected chi connectivity index (χ1v) is 7.57. The molecule has 2 aromatic rings. The van der Waals surface area contributed by atoms with Gasteiger partial charge in [-0.2, -0.15) is 5.10 Å². The van der Waals surface area contributed by atoms with Crippen LogP contribution in [0, 0.1) is 0 Å². The van der Waals surface area contributed by atoms with Crippen LogP contribution >= 0.6 is 0 Å². The second-order valence-electron chi connectivity index (χ2n) is 5.50. The Bertz CT molecular complexity index is 724. The largest absolute Gasteiger partial charge is 0.481 e. The van der Waals surface area contributed by atoms with Crippen molar-refractivity contribution in [2.45, 2.75) is 18.9 Å². The summed E-state index contributed by atoms with van der Waals surface area (Å²) in [6.45, 7) is 1.76. The van der Waals surface area contributed by atoms with Crippen LogP contribution in [-0.2, 0) is 7.05 Å². The van der Waals surface area contributed by atoms with Crippen molar-refractivity contribution in [3.8, 4) is 5.88 Å². The zero-order valence-corrected chi connectivity index (χ0v) is 13.3. The Labute approximate surface area is 134 Å². The van der Waals surface area contributed by atoms with Gasteiger partial charge in [0.1, 0.15) is 18.0 Å². The molecule has 0 amide bonds. The maximum Gasteiger partial charge on any atom is 0.266 e. The molecule has 8 heteroatoms. The SMILES string of the molecule is COc1cc(NC2CCN(c3ccc(=O)n(C)n3)CC2)ncn1. The number of nitrogens with one attached hydrogen (secondary N) is 1.